The second-order valence-electron chi connectivity index (χ2n) is 10.4. The Labute approximate surface area is 258 Å². The molecule has 0 bridgehead atoms. The van der Waals surface area contributed by atoms with Crippen LogP contribution in [0.25, 0.3) is 6.08 Å². The lowest BCUT2D eigenvalue weighted by molar-refractivity contribution is -0.121. The summed E-state index contributed by atoms with van der Waals surface area (Å²) in [6, 6.07) is 25.6. The molecule has 0 radical (unpaired) electrons. The minimum Gasteiger partial charge on any atom is -0.352 e. The van der Waals surface area contributed by atoms with E-state index in [1.807, 2.05) is 65.6 Å². The zero-order chi connectivity index (χ0) is 28.5. The second-order valence-corrected chi connectivity index (χ2v) is 12.7. The van der Waals surface area contributed by atoms with Crippen LogP contribution in [0.1, 0.15) is 31.8 Å². The minimum atomic E-state index is -1.36. The van der Waals surface area contributed by atoms with Gasteiger partial charge in [0.2, 0.25) is 5.91 Å². The fourth-order valence-corrected chi connectivity index (χ4v) is 7.44. The summed E-state index contributed by atoms with van der Waals surface area (Å²) in [4.78, 5) is 45.7. The number of nitrogens with zero attached hydrogens (tertiary/aromatic N) is 1. The summed E-state index contributed by atoms with van der Waals surface area (Å²) in [6.07, 6.45) is 3.88. The number of benzene rings is 4. The lowest BCUT2D eigenvalue weighted by atomic mass is 9.64. The average molecular weight is 689 g/mol. The third-order valence-corrected chi connectivity index (χ3v) is 9.70. The molecule has 1 fully saturated rings. The minimum absolute atomic E-state index is 0.233. The third-order valence-electron chi connectivity index (χ3n) is 8.40. The van der Waals surface area contributed by atoms with Crippen LogP contribution < -0.4 is 10.2 Å². The third kappa shape index (κ3) is 3.90. The summed E-state index contributed by atoms with van der Waals surface area (Å²) in [5.41, 5.74) is 2.47. The van der Waals surface area contributed by atoms with Crippen LogP contribution >= 0.6 is 43.5 Å². The number of ketones is 2. The van der Waals surface area contributed by atoms with Crippen molar-refractivity contribution < 1.29 is 14.4 Å². The number of rotatable bonds is 4. The molecule has 4 aromatic rings. The van der Waals surface area contributed by atoms with Gasteiger partial charge >= 0.3 is 0 Å². The number of Topliss-reactive ketones (excluding diaryl/α,β-unsaturated/α-hetero) is 2. The molecule has 0 saturated carbocycles. The standard InChI is InChI=1S/C33H21Br2ClN2O3/c34-21-10-5-18(6-11-21)30(39)28-29(31(40)19-7-12-22(35)13-8-19)38-26-15-14-23(36)17-20(26)9-16-27(38)33(28)24-3-1-2-4-25(24)37-32(33)41/h1-17,27-29H,(H,37,41)/t27-,28-,29+,33+/m0/s1. The van der Waals surface area contributed by atoms with Gasteiger partial charge in [-0.3, -0.25) is 14.4 Å². The second kappa shape index (κ2) is 9.79. The van der Waals surface area contributed by atoms with Crippen molar-refractivity contribution in [3.63, 3.8) is 0 Å². The number of para-hydroxylation sites is 1. The van der Waals surface area contributed by atoms with E-state index < -0.39 is 23.4 Å². The number of carbonyl (C=O) groups is 3. The zero-order valence-electron chi connectivity index (χ0n) is 21.4. The highest BCUT2D eigenvalue weighted by Crippen LogP contribution is 2.58. The fraction of sp³-hybridized carbons (Fsp3) is 0.121. The Hall–Kier alpha value is -3.52. The van der Waals surface area contributed by atoms with E-state index in [-0.39, 0.29) is 17.5 Å². The van der Waals surface area contributed by atoms with Crippen molar-refractivity contribution in [2.24, 2.45) is 5.92 Å². The molecule has 202 valence electrons. The predicted octanol–water partition coefficient (Wildman–Crippen LogP) is 7.72. The largest absolute Gasteiger partial charge is 0.352 e. The van der Waals surface area contributed by atoms with Gasteiger partial charge in [0.25, 0.3) is 0 Å². The van der Waals surface area contributed by atoms with Crippen LogP contribution in [0.15, 0.2) is 106 Å². The number of amides is 1. The Morgan fingerprint density at radius 3 is 2.15 bits per heavy atom. The molecule has 41 heavy (non-hydrogen) atoms. The molecule has 8 heteroatoms. The highest BCUT2D eigenvalue weighted by molar-refractivity contribution is 9.10. The first-order valence-corrected chi connectivity index (χ1v) is 15.0. The summed E-state index contributed by atoms with van der Waals surface area (Å²) in [6.45, 7) is 0. The maximum atomic E-state index is 14.8. The molecule has 4 atom stereocenters. The number of halogens is 3. The van der Waals surface area contributed by atoms with E-state index in [1.54, 1.807) is 42.5 Å². The van der Waals surface area contributed by atoms with E-state index in [0.29, 0.717) is 27.4 Å². The van der Waals surface area contributed by atoms with E-state index in [1.165, 1.54) is 0 Å². The fourth-order valence-electron chi connectivity index (χ4n) is 6.73. The average Bonchev–Trinajstić information content (AvgIpc) is 3.45. The maximum Gasteiger partial charge on any atom is 0.238 e. The molecule has 0 aromatic heterocycles. The molecule has 3 aliphatic rings. The van der Waals surface area contributed by atoms with Gasteiger partial charge < -0.3 is 10.2 Å². The molecular weight excluding hydrogens is 668 g/mol. The molecule has 3 aliphatic heterocycles. The molecule has 3 heterocycles. The highest BCUT2D eigenvalue weighted by atomic mass is 79.9. The van der Waals surface area contributed by atoms with E-state index >= 15 is 0 Å². The maximum absolute atomic E-state index is 14.8. The van der Waals surface area contributed by atoms with Gasteiger partial charge in [0.1, 0.15) is 11.5 Å². The lowest BCUT2D eigenvalue weighted by Gasteiger charge is -2.37. The summed E-state index contributed by atoms with van der Waals surface area (Å²) in [7, 11) is 0. The summed E-state index contributed by atoms with van der Waals surface area (Å²) >= 11 is 13.3. The van der Waals surface area contributed by atoms with Crippen molar-refractivity contribution in [3.05, 3.63) is 133 Å². The number of fused-ring (bicyclic) bond motifs is 6. The molecule has 1 amide bonds. The Morgan fingerprint density at radius 2 is 1.46 bits per heavy atom. The van der Waals surface area contributed by atoms with Crippen molar-refractivity contribution in [3.8, 4) is 0 Å². The van der Waals surface area contributed by atoms with Gasteiger partial charge in [0, 0.05) is 36.5 Å². The van der Waals surface area contributed by atoms with E-state index in [2.05, 4.69) is 37.2 Å². The molecule has 0 aliphatic carbocycles. The Balaban J connectivity index is 1.53. The van der Waals surface area contributed by atoms with Gasteiger partial charge in [-0.1, -0.05) is 98.1 Å². The SMILES string of the molecule is O=C(c1ccc(Br)cc1)[C@@H]1[C@H](C(=O)c2ccc(Br)cc2)N2c3ccc(Cl)cc3C=C[C@H]2[C@@]12C(=O)Nc1ccccc12. The summed E-state index contributed by atoms with van der Waals surface area (Å²) < 4.78 is 1.66. The number of anilines is 2. The number of hydrogen-bond donors (Lipinski definition) is 1. The first-order valence-electron chi connectivity index (χ1n) is 13.1. The van der Waals surface area contributed by atoms with E-state index in [9.17, 15) is 14.4 Å². The van der Waals surface area contributed by atoms with Crippen LogP contribution in [0.5, 0.6) is 0 Å². The van der Waals surface area contributed by atoms with Gasteiger partial charge in [-0.15, -0.1) is 0 Å². The van der Waals surface area contributed by atoms with Crippen LogP contribution in [0.3, 0.4) is 0 Å². The molecule has 5 nitrogen and oxygen atoms in total. The lowest BCUT2D eigenvalue weighted by Crippen LogP contribution is -2.51. The number of carbonyl (C=O) groups excluding carboxylic acids is 3. The first kappa shape index (κ1) is 26.4. The number of nitrogens with one attached hydrogen (secondary N) is 1. The van der Waals surface area contributed by atoms with Crippen molar-refractivity contribution in [1.29, 1.82) is 0 Å². The predicted molar refractivity (Wildman–Crippen MR) is 168 cm³/mol. The molecular formula is C33H21Br2ClN2O3. The monoisotopic (exact) mass is 686 g/mol. The van der Waals surface area contributed by atoms with Gasteiger partial charge in [-0.05, 0) is 59.7 Å². The molecule has 4 aromatic carbocycles. The normalized spacial score (nSPS) is 23.6. The highest BCUT2D eigenvalue weighted by Gasteiger charge is 2.70. The van der Waals surface area contributed by atoms with Crippen molar-refractivity contribution in [2.45, 2.75) is 17.5 Å². The zero-order valence-corrected chi connectivity index (χ0v) is 25.3. The van der Waals surface area contributed by atoms with Gasteiger partial charge in [0.05, 0.1) is 12.0 Å². The first-order chi connectivity index (χ1) is 19.8. The Kier molecular flexibility index (Phi) is 6.30. The summed E-state index contributed by atoms with van der Waals surface area (Å²) in [5, 5.41) is 3.61. The van der Waals surface area contributed by atoms with E-state index in [0.717, 1.165) is 20.2 Å². The summed E-state index contributed by atoms with van der Waals surface area (Å²) in [5.74, 6) is -1.82. The Bertz CT molecular complexity index is 1790. The van der Waals surface area contributed by atoms with Crippen molar-refractivity contribution in [2.75, 3.05) is 10.2 Å². The Morgan fingerprint density at radius 1 is 0.829 bits per heavy atom. The van der Waals surface area contributed by atoms with Crippen molar-refractivity contribution in [1.82, 2.24) is 0 Å². The van der Waals surface area contributed by atoms with E-state index in [4.69, 9.17) is 11.6 Å². The van der Waals surface area contributed by atoms with Crippen LogP contribution in [-0.4, -0.2) is 29.6 Å². The van der Waals surface area contributed by atoms with Crippen LogP contribution in [0.4, 0.5) is 11.4 Å². The van der Waals surface area contributed by atoms with Crippen LogP contribution in [0, 0.1) is 5.92 Å². The van der Waals surface area contributed by atoms with Crippen LogP contribution in [-0.2, 0) is 10.2 Å². The van der Waals surface area contributed by atoms with Gasteiger partial charge in [-0.25, -0.2) is 0 Å². The van der Waals surface area contributed by atoms with Crippen LogP contribution in [0.2, 0.25) is 5.02 Å². The van der Waals surface area contributed by atoms with Gasteiger partial charge in [0.15, 0.2) is 11.6 Å². The molecule has 1 N–H and O–H groups in total. The van der Waals surface area contributed by atoms with Gasteiger partial charge in [-0.2, -0.15) is 0 Å². The number of hydrogen-bond acceptors (Lipinski definition) is 4. The topological polar surface area (TPSA) is 66.5 Å². The smallest absolute Gasteiger partial charge is 0.238 e. The molecule has 7 rings (SSSR count). The van der Waals surface area contributed by atoms with Crippen molar-refractivity contribution >= 4 is 78.4 Å². The quantitative estimate of drug-likeness (QED) is 0.223. The molecule has 1 saturated heterocycles. The molecule has 0 unspecified atom stereocenters. The molecule has 1 spiro atoms.